The van der Waals surface area contributed by atoms with Crippen LogP contribution in [0.3, 0.4) is 0 Å². The van der Waals surface area contributed by atoms with Crippen molar-refractivity contribution in [1.82, 2.24) is 0 Å². The molecule has 0 saturated heterocycles. The molecule has 1 aromatic rings. The zero-order valence-electron chi connectivity index (χ0n) is 12.0. The van der Waals surface area contributed by atoms with Crippen molar-refractivity contribution < 1.29 is 24.5 Å². The second-order valence-electron chi connectivity index (χ2n) is 4.93. The van der Waals surface area contributed by atoms with Gasteiger partial charge in [-0.15, -0.1) is 0 Å². The molecule has 0 radical (unpaired) electrons. The topological polar surface area (TPSA) is 83.8 Å². The SMILES string of the molecule is CCOC(=O)C(CC(C)CO)(C(=O)O)c1ccc(Cl)cc1. The van der Waals surface area contributed by atoms with Gasteiger partial charge in [0.25, 0.3) is 0 Å². The molecule has 0 fully saturated rings. The predicted molar refractivity (Wildman–Crippen MR) is 78.3 cm³/mol. The lowest BCUT2D eigenvalue weighted by molar-refractivity contribution is -0.162. The van der Waals surface area contributed by atoms with Crippen LogP contribution in [0.2, 0.25) is 5.02 Å². The number of benzene rings is 1. The third kappa shape index (κ3) is 3.74. The number of carbonyl (C=O) groups excluding carboxylic acids is 1. The van der Waals surface area contributed by atoms with Crippen molar-refractivity contribution in [2.45, 2.75) is 25.7 Å². The average Bonchev–Trinajstić information content (AvgIpc) is 2.45. The van der Waals surface area contributed by atoms with E-state index < -0.39 is 17.4 Å². The van der Waals surface area contributed by atoms with Gasteiger partial charge in [-0.1, -0.05) is 30.7 Å². The summed E-state index contributed by atoms with van der Waals surface area (Å²) in [6.45, 7) is 3.14. The highest BCUT2D eigenvalue weighted by atomic mass is 35.5. The molecule has 1 rings (SSSR count). The summed E-state index contributed by atoms with van der Waals surface area (Å²) in [5, 5.41) is 19.3. The lowest BCUT2D eigenvalue weighted by atomic mass is 9.74. The maximum absolute atomic E-state index is 12.3. The van der Waals surface area contributed by atoms with Gasteiger partial charge >= 0.3 is 11.9 Å². The van der Waals surface area contributed by atoms with Crippen LogP contribution >= 0.6 is 11.6 Å². The van der Waals surface area contributed by atoms with Crippen LogP contribution in [-0.2, 0) is 19.7 Å². The molecule has 0 heterocycles. The third-order valence-corrected chi connectivity index (χ3v) is 3.54. The molecule has 5 nitrogen and oxygen atoms in total. The van der Waals surface area contributed by atoms with Gasteiger partial charge in [0, 0.05) is 11.6 Å². The summed E-state index contributed by atoms with van der Waals surface area (Å²) in [5.74, 6) is -2.51. The number of aliphatic hydroxyl groups excluding tert-OH is 1. The van der Waals surface area contributed by atoms with Gasteiger partial charge in [-0.3, -0.25) is 9.59 Å². The number of hydrogen-bond donors (Lipinski definition) is 2. The normalized spacial score (nSPS) is 15.0. The molecule has 0 bridgehead atoms. The molecular formula is C15H19ClO5. The first-order valence-electron chi connectivity index (χ1n) is 6.66. The standard InChI is InChI=1S/C15H19ClO5/c1-3-21-14(20)15(13(18)19,8-10(2)9-17)11-4-6-12(16)7-5-11/h4-7,10,17H,3,8-9H2,1-2H3,(H,18,19). The van der Waals surface area contributed by atoms with E-state index in [2.05, 4.69) is 0 Å². The van der Waals surface area contributed by atoms with E-state index in [0.29, 0.717) is 5.02 Å². The number of aliphatic hydroxyl groups is 1. The summed E-state index contributed by atoms with van der Waals surface area (Å²) in [5.41, 5.74) is -1.55. The van der Waals surface area contributed by atoms with Crippen LogP contribution in [0.15, 0.2) is 24.3 Å². The minimum atomic E-state index is -1.84. The Kier molecular flexibility index (Phi) is 6.18. The van der Waals surface area contributed by atoms with Gasteiger partial charge in [0.2, 0.25) is 0 Å². The maximum atomic E-state index is 12.3. The lowest BCUT2D eigenvalue weighted by Crippen LogP contribution is -2.46. The Bertz CT molecular complexity index is 499. The summed E-state index contributed by atoms with van der Waals surface area (Å²) < 4.78 is 4.96. The maximum Gasteiger partial charge on any atom is 0.328 e. The van der Waals surface area contributed by atoms with Crippen molar-refractivity contribution in [2.75, 3.05) is 13.2 Å². The van der Waals surface area contributed by atoms with Gasteiger partial charge in [-0.05, 0) is 37.0 Å². The van der Waals surface area contributed by atoms with Crippen LogP contribution < -0.4 is 0 Å². The minimum Gasteiger partial charge on any atom is -0.480 e. The second kappa shape index (κ2) is 7.43. The Morgan fingerprint density at radius 3 is 2.33 bits per heavy atom. The Morgan fingerprint density at radius 1 is 1.33 bits per heavy atom. The molecule has 21 heavy (non-hydrogen) atoms. The molecule has 0 saturated carbocycles. The molecule has 2 unspecified atom stereocenters. The van der Waals surface area contributed by atoms with Gasteiger partial charge < -0.3 is 14.9 Å². The van der Waals surface area contributed by atoms with Crippen molar-refractivity contribution in [2.24, 2.45) is 5.92 Å². The number of hydrogen-bond acceptors (Lipinski definition) is 4. The molecule has 0 aliphatic rings. The van der Waals surface area contributed by atoms with E-state index in [4.69, 9.17) is 16.3 Å². The fraction of sp³-hybridized carbons (Fsp3) is 0.467. The summed E-state index contributed by atoms with van der Waals surface area (Å²) in [4.78, 5) is 24.2. The highest BCUT2D eigenvalue weighted by Crippen LogP contribution is 2.34. The van der Waals surface area contributed by atoms with Gasteiger partial charge in [-0.2, -0.15) is 0 Å². The first-order chi connectivity index (χ1) is 9.88. The monoisotopic (exact) mass is 314 g/mol. The van der Waals surface area contributed by atoms with E-state index in [9.17, 15) is 19.8 Å². The predicted octanol–water partition coefficient (Wildman–Crippen LogP) is 2.24. The zero-order valence-corrected chi connectivity index (χ0v) is 12.8. The molecule has 116 valence electrons. The van der Waals surface area contributed by atoms with E-state index in [1.165, 1.54) is 24.3 Å². The van der Waals surface area contributed by atoms with Gasteiger partial charge in [0.1, 0.15) is 0 Å². The average molecular weight is 315 g/mol. The largest absolute Gasteiger partial charge is 0.480 e. The number of carbonyl (C=O) groups is 2. The smallest absolute Gasteiger partial charge is 0.328 e. The highest BCUT2D eigenvalue weighted by molar-refractivity contribution is 6.30. The molecule has 0 amide bonds. The summed E-state index contributed by atoms with van der Waals surface area (Å²) >= 11 is 5.81. The molecule has 0 aliphatic carbocycles. The van der Waals surface area contributed by atoms with E-state index in [1.807, 2.05) is 0 Å². The van der Waals surface area contributed by atoms with Crippen molar-refractivity contribution in [3.05, 3.63) is 34.9 Å². The number of aliphatic carboxylic acids is 1. The Morgan fingerprint density at radius 2 is 1.90 bits per heavy atom. The molecule has 0 spiro atoms. The summed E-state index contributed by atoms with van der Waals surface area (Å²) in [6, 6.07) is 6.05. The lowest BCUT2D eigenvalue weighted by Gasteiger charge is -2.29. The van der Waals surface area contributed by atoms with Crippen molar-refractivity contribution >= 4 is 23.5 Å². The van der Waals surface area contributed by atoms with Crippen LogP contribution in [0.1, 0.15) is 25.8 Å². The van der Waals surface area contributed by atoms with Gasteiger partial charge in [0.05, 0.1) is 6.61 Å². The van der Waals surface area contributed by atoms with Crippen molar-refractivity contribution in [1.29, 1.82) is 0 Å². The Balaban J connectivity index is 3.39. The molecule has 2 atom stereocenters. The van der Waals surface area contributed by atoms with Gasteiger partial charge in [0.15, 0.2) is 5.41 Å². The van der Waals surface area contributed by atoms with E-state index >= 15 is 0 Å². The zero-order chi connectivity index (χ0) is 16.0. The quantitative estimate of drug-likeness (QED) is 0.595. The molecule has 6 heteroatoms. The number of rotatable bonds is 7. The second-order valence-corrected chi connectivity index (χ2v) is 5.37. The van der Waals surface area contributed by atoms with Gasteiger partial charge in [-0.25, -0.2) is 0 Å². The first kappa shape index (κ1) is 17.5. The van der Waals surface area contributed by atoms with E-state index in [-0.39, 0.29) is 31.1 Å². The highest BCUT2D eigenvalue weighted by Gasteiger charge is 2.50. The first-order valence-corrected chi connectivity index (χ1v) is 7.03. The Hall–Kier alpha value is -1.59. The van der Waals surface area contributed by atoms with E-state index in [1.54, 1.807) is 13.8 Å². The number of carboxylic acids is 1. The molecular weight excluding hydrogens is 296 g/mol. The van der Waals surface area contributed by atoms with E-state index in [0.717, 1.165) is 0 Å². The van der Waals surface area contributed by atoms with Crippen LogP contribution in [-0.4, -0.2) is 35.4 Å². The fourth-order valence-electron chi connectivity index (χ4n) is 2.19. The molecule has 2 N–H and O–H groups in total. The molecule has 0 aromatic heterocycles. The minimum absolute atomic E-state index is 0.0563. The fourth-order valence-corrected chi connectivity index (χ4v) is 2.32. The van der Waals surface area contributed by atoms with Crippen LogP contribution in [0.5, 0.6) is 0 Å². The number of esters is 1. The van der Waals surface area contributed by atoms with Crippen molar-refractivity contribution in [3.63, 3.8) is 0 Å². The number of halogens is 1. The molecule has 0 aliphatic heterocycles. The summed E-state index contributed by atoms with van der Waals surface area (Å²) in [6.07, 6.45) is -0.0563. The Labute approximate surface area is 128 Å². The van der Waals surface area contributed by atoms with Crippen LogP contribution in [0.4, 0.5) is 0 Å². The number of carboxylic acid groups (broad SMARTS) is 1. The van der Waals surface area contributed by atoms with Crippen LogP contribution in [0.25, 0.3) is 0 Å². The van der Waals surface area contributed by atoms with Crippen LogP contribution in [0, 0.1) is 5.92 Å². The third-order valence-electron chi connectivity index (χ3n) is 3.29. The van der Waals surface area contributed by atoms with Crippen molar-refractivity contribution in [3.8, 4) is 0 Å². The summed E-state index contributed by atoms with van der Waals surface area (Å²) in [7, 11) is 0. The number of ether oxygens (including phenoxy) is 1. The molecule has 1 aromatic carbocycles.